The van der Waals surface area contributed by atoms with E-state index in [1.54, 1.807) is 6.92 Å². The number of halogens is 3. The van der Waals surface area contributed by atoms with Gasteiger partial charge in [-0.15, -0.1) is 0 Å². The Hall–Kier alpha value is -1.40. The Labute approximate surface area is 131 Å². The zero-order valence-corrected chi connectivity index (χ0v) is 13.7. The van der Waals surface area contributed by atoms with E-state index < -0.39 is 39.8 Å². The lowest BCUT2D eigenvalue weighted by Gasteiger charge is -2.13. The van der Waals surface area contributed by atoms with E-state index in [2.05, 4.69) is 13.7 Å². The highest BCUT2D eigenvalue weighted by Gasteiger charge is 2.49. The maximum absolute atomic E-state index is 11.8. The Bertz CT molecular complexity index is 472. The molecule has 0 amide bonds. The largest absolute Gasteiger partial charge is 0.523 e. The molecule has 0 bridgehead atoms. The molecule has 0 unspecified atom stereocenters. The number of carbonyl (C=O) groups excluding carboxylic acids is 2. The molecule has 1 N–H and O–H groups in total. The van der Waals surface area contributed by atoms with Gasteiger partial charge in [-0.1, -0.05) is 0 Å². The maximum Gasteiger partial charge on any atom is 0.523 e. The molecule has 2 atom stereocenters. The molecule has 0 aliphatic heterocycles. The molecule has 0 saturated carbocycles. The average molecular weight is 368 g/mol. The highest BCUT2D eigenvalue weighted by Crippen LogP contribution is 2.25. The second kappa shape index (κ2) is 10.4. The lowest BCUT2D eigenvalue weighted by Crippen LogP contribution is -2.33. The van der Waals surface area contributed by atoms with Crippen molar-refractivity contribution in [1.29, 1.82) is 0 Å². The summed E-state index contributed by atoms with van der Waals surface area (Å²) in [5, 5.41) is 8.48. The fourth-order valence-corrected chi connectivity index (χ4v) is 1.37. The van der Waals surface area contributed by atoms with E-state index in [-0.39, 0.29) is 6.61 Å². The molecule has 0 aliphatic rings. The van der Waals surface area contributed by atoms with Crippen LogP contribution in [0.25, 0.3) is 0 Å². The van der Waals surface area contributed by atoms with Crippen LogP contribution in [0, 0.1) is 0 Å². The lowest BCUT2D eigenvalue weighted by molar-refractivity contribution is -0.152. The number of aliphatic hydroxyl groups is 1. The number of ether oxygens (including phenoxy) is 2. The molecular weight excluding hydrogens is 349 g/mol. The summed E-state index contributed by atoms with van der Waals surface area (Å²) in [5.41, 5.74) is -5.55. The van der Waals surface area contributed by atoms with Gasteiger partial charge in [-0.2, -0.15) is 21.6 Å². The second-order valence-electron chi connectivity index (χ2n) is 3.82. The van der Waals surface area contributed by atoms with Gasteiger partial charge in [0.15, 0.2) is 6.10 Å². The topological polar surface area (TPSA) is 116 Å². The number of aliphatic hydroxyl groups excluding tert-OH is 1. The molecule has 0 aromatic heterocycles. The van der Waals surface area contributed by atoms with E-state index in [4.69, 9.17) is 5.11 Å². The van der Waals surface area contributed by atoms with E-state index in [1.807, 2.05) is 0 Å². The van der Waals surface area contributed by atoms with Gasteiger partial charge >= 0.3 is 27.6 Å². The first-order chi connectivity index (χ1) is 10.3. The highest BCUT2D eigenvalue weighted by atomic mass is 32.2. The van der Waals surface area contributed by atoms with Crippen molar-refractivity contribution in [2.75, 3.05) is 13.2 Å². The highest BCUT2D eigenvalue weighted by molar-refractivity contribution is 7.87. The van der Waals surface area contributed by atoms with Crippen LogP contribution in [-0.2, 0) is 33.4 Å². The molecule has 0 radical (unpaired) electrons. The summed E-state index contributed by atoms with van der Waals surface area (Å²) in [6.45, 7) is 5.57. The molecule has 23 heavy (non-hydrogen) atoms. The molecule has 0 aromatic carbocycles. The van der Waals surface area contributed by atoms with Gasteiger partial charge in [0, 0.05) is 0 Å². The van der Waals surface area contributed by atoms with Crippen molar-refractivity contribution in [2.24, 2.45) is 0 Å². The maximum atomic E-state index is 11.8. The number of alkyl halides is 3. The minimum atomic E-state index is -5.76. The normalized spacial score (nSPS) is 14.1. The molecule has 0 saturated heterocycles. The number of hydrogen-bond donors (Lipinski definition) is 1. The average Bonchev–Trinajstić information content (AvgIpc) is 2.38. The fraction of sp³-hybridized carbons (Fsp3) is 0.818. The number of carbonyl (C=O) groups is 2. The van der Waals surface area contributed by atoms with Crippen molar-refractivity contribution in [3.8, 4) is 0 Å². The molecule has 0 spiro atoms. The number of rotatable bonds is 6. The summed E-state index contributed by atoms with van der Waals surface area (Å²) in [4.78, 5) is 21.0. The Balaban J connectivity index is 0. The van der Waals surface area contributed by atoms with Gasteiger partial charge in [0.1, 0.15) is 6.10 Å². The first-order valence-electron chi connectivity index (χ1n) is 6.31. The van der Waals surface area contributed by atoms with Gasteiger partial charge in [-0.25, -0.2) is 13.8 Å². The minimum absolute atomic E-state index is 0.0847. The van der Waals surface area contributed by atoms with E-state index in [0.29, 0.717) is 6.61 Å². The summed E-state index contributed by atoms with van der Waals surface area (Å²) >= 11 is 0. The first kappa shape index (κ1) is 23.9. The van der Waals surface area contributed by atoms with Crippen molar-refractivity contribution in [3.63, 3.8) is 0 Å². The predicted molar refractivity (Wildman–Crippen MR) is 70.5 cm³/mol. The van der Waals surface area contributed by atoms with Crippen molar-refractivity contribution in [1.82, 2.24) is 0 Å². The molecular formula is C11H19F3O8S. The van der Waals surface area contributed by atoms with Crippen molar-refractivity contribution >= 4 is 22.1 Å². The smallest absolute Gasteiger partial charge is 0.464 e. The first-order valence-corrected chi connectivity index (χ1v) is 7.71. The predicted octanol–water partition coefficient (Wildman–Crippen LogP) is 0.734. The van der Waals surface area contributed by atoms with Crippen LogP contribution in [0.5, 0.6) is 0 Å². The van der Waals surface area contributed by atoms with E-state index in [0.717, 1.165) is 6.92 Å². The van der Waals surface area contributed by atoms with E-state index in [1.165, 1.54) is 13.8 Å². The van der Waals surface area contributed by atoms with Crippen LogP contribution in [0.2, 0.25) is 0 Å². The Morgan fingerprint density at radius 3 is 1.70 bits per heavy atom. The summed E-state index contributed by atoms with van der Waals surface area (Å²) in [7, 11) is -5.76. The Morgan fingerprint density at radius 2 is 1.43 bits per heavy atom. The quantitative estimate of drug-likeness (QED) is 0.414. The summed E-state index contributed by atoms with van der Waals surface area (Å²) in [6.07, 6.45) is -2.81. The molecule has 0 aliphatic carbocycles. The Kier molecular flexibility index (Phi) is 10.8. The molecule has 12 heteroatoms. The van der Waals surface area contributed by atoms with E-state index in [9.17, 15) is 31.2 Å². The van der Waals surface area contributed by atoms with Crippen LogP contribution >= 0.6 is 0 Å². The van der Waals surface area contributed by atoms with Crippen LogP contribution in [0.4, 0.5) is 13.2 Å². The van der Waals surface area contributed by atoms with Crippen molar-refractivity contribution < 1.29 is 49.9 Å². The third-order valence-corrected chi connectivity index (χ3v) is 2.91. The van der Waals surface area contributed by atoms with Crippen LogP contribution < -0.4 is 0 Å². The van der Waals surface area contributed by atoms with Gasteiger partial charge in [-0.3, -0.25) is 0 Å². The van der Waals surface area contributed by atoms with Crippen molar-refractivity contribution in [2.45, 2.75) is 45.4 Å². The zero-order chi connectivity index (χ0) is 18.8. The summed E-state index contributed by atoms with van der Waals surface area (Å²) < 4.78 is 68.4. The fourth-order valence-electron chi connectivity index (χ4n) is 0.806. The minimum Gasteiger partial charge on any atom is -0.464 e. The monoisotopic (exact) mass is 368 g/mol. The van der Waals surface area contributed by atoms with E-state index >= 15 is 0 Å². The number of esters is 2. The molecule has 8 nitrogen and oxygen atoms in total. The van der Waals surface area contributed by atoms with Crippen LogP contribution in [-0.4, -0.2) is 56.4 Å². The molecule has 0 aromatic rings. The van der Waals surface area contributed by atoms with Gasteiger partial charge in [0.2, 0.25) is 0 Å². The summed E-state index contributed by atoms with van der Waals surface area (Å²) in [6, 6.07) is 0. The molecule has 0 heterocycles. The van der Waals surface area contributed by atoms with Gasteiger partial charge in [0.05, 0.1) is 13.2 Å². The van der Waals surface area contributed by atoms with Crippen LogP contribution in [0.3, 0.4) is 0 Å². The third-order valence-electron chi connectivity index (χ3n) is 1.80. The summed E-state index contributed by atoms with van der Waals surface area (Å²) in [5.74, 6) is -1.74. The van der Waals surface area contributed by atoms with Gasteiger partial charge < -0.3 is 14.6 Å². The number of hydrogen-bond acceptors (Lipinski definition) is 8. The molecule has 0 rings (SSSR count). The zero-order valence-electron chi connectivity index (χ0n) is 12.9. The molecule has 138 valence electrons. The standard InChI is InChI=1S/C6H9F3O5S.C5H10O3/c1-3-13-5(10)4(2)14-15(11,12)6(7,8)9;1-3-8-5(7)4(2)6/h4H,3H2,1-2H3;4,6H,3H2,1-2H3/t2*4-/m00/s1. The lowest BCUT2D eigenvalue weighted by atomic mass is 10.4. The van der Waals surface area contributed by atoms with Gasteiger partial charge in [0.25, 0.3) is 0 Å². The SMILES string of the molecule is CCOC(=O)[C@H](C)O.CCOC(=O)[C@H](C)OS(=O)(=O)C(F)(F)F. The third kappa shape index (κ3) is 10.1. The second-order valence-corrected chi connectivity index (χ2v) is 5.38. The van der Waals surface area contributed by atoms with Crippen LogP contribution in [0.15, 0.2) is 0 Å². The van der Waals surface area contributed by atoms with Gasteiger partial charge in [-0.05, 0) is 27.7 Å². The van der Waals surface area contributed by atoms with Crippen molar-refractivity contribution in [3.05, 3.63) is 0 Å². The Morgan fingerprint density at radius 1 is 1.04 bits per heavy atom. The molecule has 0 fully saturated rings. The van der Waals surface area contributed by atoms with Crippen LogP contribution in [0.1, 0.15) is 27.7 Å².